The lowest BCUT2D eigenvalue weighted by Gasteiger charge is -2.35. The Kier molecular flexibility index (Phi) is 10.3. The molecule has 1 N–H and O–H groups in total. The van der Waals surface area contributed by atoms with Crippen LogP contribution < -0.4 is 14.4 Å². The molecule has 12 heteroatoms. The van der Waals surface area contributed by atoms with E-state index in [0.717, 1.165) is 54.4 Å². The van der Waals surface area contributed by atoms with E-state index in [9.17, 15) is 9.90 Å². The average molecular weight is 759 g/mol. The topological polar surface area (TPSA) is 112 Å². The third-order valence-corrected chi connectivity index (χ3v) is 11.7. The molecule has 0 bridgehead atoms. The van der Waals surface area contributed by atoms with Crippen LogP contribution in [0.5, 0.6) is 17.2 Å². The Morgan fingerprint density at radius 2 is 1.73 bits per heavy atom. The number of hydrogen-bond acceptors (Lipinski definition) is 9. The molecule has 0 radical (unpaired) electrons. The van der Waals surface area contributed by atoms with Crippen LogP contribution in [0.15, 0.2) is 83.6 Å². The molecular weight excluding hydrogens is 709 g/mol. The van der Waals surface area contributed by atoms with Gasteiger partial charge in [0.2, 0.25) is 6.79 Å². The van der Waals surface area contributed by atoms with Crippen LogP contribution in [-0.4, -0.2) is 102 Å². The molecule has 1 unspecified atom stereocenters. The van der Waals surface area contributed by atoms with E-state index >= 15 is 4.79 Å². The number of nitrogens with zero attached hydrogens (tertiary/aromatic N) is 6. The van der Waals surface area contributed by atoms with Gasteiger partial charge in [-0.15, -0.1) is 0 Å². The average Bonchev–Trinajstić information content (AvgIpc) is 3.92. The summed E-state index contributed by atoms with van der Waals surface area (Å²) >= 11 is 0. The zero-order valence-electron chi connectivity index (χ0n) is 32.8. The molecule has 0 spiro atoms. The number of rotatable bonds is 11. The first kappa shape index (κ1) is 37.3. The minimum Gasteiger partial charge on any atom is -0.508 e. The number of hydrogen-bond donors (Lipinski definition) is 1. The van der Waals surface area contributed by atoms with Gasteiger partial charge in [0.1, 0.15) is 11.6 Å². The monoisotopic (exact) mass is 758 g/mol. The first-order valence-electron chi connectivity index (χ1n) is 19.4. The van der Waals surface area contributed by atoms with Crippen LogP contribution >= 0.6 is 0 Å². The largest absolute Gasteiger partial charge is 0.508 e. The van der Waals surface area contributed by atoms with Crippen LogP contribution in [0.4, 0.5) is 5.69 Å². The number of likely N-dealkylation sites (tertiary alicyclic amines) is 1. The standard InChI is InChI=1S/C44H50N6O6/c1-28-20-30-8-6-7-9-32(30)26-49(28)43(52)38-24-41-40(55-27-56-41)23-37(38)39-22-36(29(2)48(39)17-16-46(3)18-19-54-5)44(53)50(33-10-12-35(51)13-11-33)34-21-31-14-15-47(4)42(31)45-25-34/h6-13,22-25,28,31,51H,14-21,26-27H2,1-5H3/t28-,31?/m1/s1. The number of benzene rings is 3. The molecule has 0 aliphatic carbocycles. The number of methoxy groups -OCH3 is 1. The molecule has 56 heavy (non-hydrogen) atoms. The highest BCUT2D eigenvalue weighted by Gasteiger charge is 2.36. The van der Waals surface area contributed by atoms with E-state index in [1.165, 1.54) is 5.56 Å². The number of fused-ring (bicyclic) bond motifs is 3. The first-order chi connectivity index (χ1) is 27.1. The Morgan fingerprint density at radius 3 is 2.50 bits per heavy atom. The Balaban J connectivity index is 1.24. The number of carbonyl (C=O) groups is 2. The zero-order chi connectivity index (χ0) is 39.1. The van der Waals surface area contributed by atoms with E-state index in [1.54, 1.807) is 42.3 Å². The fourth-order valence-corrected chi connectivity index (χ4v) is 8.47. The van der Waals surface area contributed by atoms with Gasteiger partial charge >= 0.3 is 0 Å². The number of carbonyl (C=O) groups excluding carboxylic acids is 2. The van der Waals surface area contributed by atoms with Gasteiger partial charge in [-0.1, -0.05) is 24.3 Å². The number of phenolic OH excluding ortho intramolecular Hbond substituents is 1. The van der Waals surface area contributed by atoms with E-state index < -0.39 is 0 Å². The second-order valence-corrected chi connectivity index (χ2v) is 15.4. The van der Waals surface area contributed by atoms with Crippen LogP contribution in [0.3, 0.4) is 0 Å². The van der Waals surface area contributed by atoms with Crippen molar-refractivity contribution in [1.29, 1.82) is 0 Å². The van der Waals surface area contributed by atoms with Crippen LogP contribution in [0, 0.1) is 12.8 Å². The van der Waals surface area contributed by atoms with Crippen molar-refractivity contribution >= 4 is 23.3 Å². The molecule has 8 rings (SSSR count). The van der Waals surface area contributed by atoms with Gasteiger partial charge in [-0.25, -0.2) is 4.99 Å². The number of amidine groups is 1. The number of aromatic nitrogens is 1. The van der Waals surface area contributed by atoms with Gasteiger partial charge in [-0.2, -0.15) is 0 Å². The maximum absolute atomic E-state index is 15.2. The Morgan fingerprint density at radius 1 is 0.982 bits per heavy atom. The molecule has 292 valence electrons. The lowest BCUT2D eigenvalue weighted by atomic mass is 9.93. The summed E-state index contributed by atoms with van der Waals surface area (Å²) < 4.78 is 19.2. The smallest absolute Gasteiger partial charge is 0.264 e. The number of anilines is 1. The summed E-state index contributed by atoms with van der Waals surface area (Å²) in [6.45, 7) is 8.09. The van der Waals surface area contributed by atoms with Gasteiger partial charge in [-0.3, -0.25) is 14.5 Å². The highest BCUT2D eigenvalue weighted by atomic mass is 16.7. The Labute approximate surface area is 328 Å². The fourth-order valence-electron chi connectivity index (χ4n) is 8.47. The van der Waals surface area contributed by atoms with Crippen molar-refractivity contribution < 1.29 is 28.9 Å². The summed E-state index contributed by atoms with van der Waals surface area (Å²) in [5.41, 5.74) is 6.99. The fraction of sp³-hybridized carbons (Fsp3) is 0.386. The molecule has 1 aromatic heterocycles. The van der Waals surface area contributed by atoms with Crippen molar-refractivity contribution in [2.24, 2.45) is 10.9 Å². The third-order valence-electron chi connectivity index (χ3n) is 11.7. The molecule has 5 heterocycles. The molecule has 1 saturated heterocycles. The highest BCUT2D eigenvalue weighted by molar-refractivity contribution is 6.10. The van der Waals surface area contributed by atoms with E-state index in [0.29, 0.717) is 66.5 Å². The van der Waals surface area contributed by atoms with Gasteiger partial charge in [0.15, 0.2) is 11.5 Å². The summed E-state index contributed by atoms with van der Waals surface area (Å²) in [4.78, 5) is 42.9. The molecule has 2 amide bonds. The van der Waals surface area contributed by atoms with Gasteiger partial charge in [0, 0.05) is 87.7 Å². The normalized spacial score (nSPS) is 18.5. The maximum atomic E-state index is 15.2. The van der Waals surface area contributed by atoms with Gasteiger partial charge in [0.25, 0.3) is 11.8 Å². The molecule has 3 aromatic carbocycles. The van der Waals surface area contributed by atoms with Crippen molar-refractivity contribution in [3.05, 3.63) is 107 Å². The zero-order valence-corrected chi connectivity index (χ0v) is 32.8. The Hall–Kier alpha value is -5.59. The number of likely N-dealkylation sites (N-methyl/N-ethyl adjacent to an activating group) is 1. The molecular formula is C44H50N6O6. The molecule has 4 aliphatic rings. The summed E-state index contributed by atoms with van der Waals surface area (Å²) in [6, 6.07) is 20.6. The molecule has 2 atom stereocenters. The molecule has 4 aliphatic heterocycles. The highest BCUT2D eigenvalue weighted by Crippen LogP contribution is 2.42. The second-order valence-electron chi connectivity index (χ2n) is 15.4. The number of allylic oxidation sites excluding steroid dienone is 1. The minimum absolute atomic E-state index is 0.0266. The van der Waals surface area contributed by atoms with Crippen LogP contribution in [-0.2, 0) is 24.2 Å². The maximum Gasteiger partial charge on any atom is 0.264 e. The van der Waals surface area contributed by atoms with Crippen LogP contribution in [0.25, 0.3) is 11.3 Å². The van der Waals surface area contributed by atoms with Crippen LogP contribution in [0.1, 0.15) is 57.3 Å². The van der Waals surface area contributed by atoms with E-state index in [4.69, 9.17) is 19.2 Å². The number of phenols is 1. The van der Waals surface area contributed by atoms with E-state index in [1.807, 2.05) is 49.3 Å². The minimum atomic E-state index is -0.216. The number of aliphatic imine (C=N–C) groups is 1. The summed E-state index contributed by atoms with van der Waals surface area (Å²) in [7, 11) is 5.80. The predicted octanol–water partition coefficient (Wildman–Crippen LogP) is 6.31. The lowest BCUT2D eigenvalue weighted by molar-refractivity contribution is 0.0658. The second kappa shape index (κ2) is 15.5. The van der Waals surface area contributed by atoms with E-state index in [-0.39, 0.29) is 36.3 Å². The van der Waals surface area contributed by atoms with Gasteiger partial charge < -0.3 is 38.6 Å². The predicted molar refractivity (Wildman–Crippen MR) is 215 cm³/mol. The molecule has 1 fully saturated rings. The molecule has 12 nitrogen and oxygen atoms in total. The molecule has 4 aromatic rings. The summed E-state index contributed by atoms with van der Waals surface area (Å²) in [5, 5.41) is 10.2. The summed E-state index contributed by atoms with van der Waals surface area (Å²) in [6.07, 6.45) is 4.19. The van der Waals surface area contributed by atoms with Crippen LogP contribution in [0.2, 0.25) is 0 Å². The summed E-state index contributed by atoms with van der Waals surface area (Å²) in [5.74, 6) is 2.12. The lowest BCUT2D eigenvalue weighted by Crippen LogP contribution is -2.42. The number of amides is 2. The Bertz CT molecular complexity index is 2210. The number of ether oxygens (including phenoxy) is 3. The molecule has 0 saturated carbocycles. The van der Waals surface area contributed by atoms with Crippen molar-refractivity contribution in [2.45, 2.75) is 52.2 Å². The third kappa shape index (κ3) is 7.03. The van der Waals surface area contributed by atoms with Crippen molar-refractivity contribution in [2.75, 3.05) is 59.1 Å². The quantitative estimate of drug-likeness (QED) is 0.190. The van der Waals surface area contributed by atoms with Crippen molar-refractivity contribution in [3.63, 3.8) is 0 Å². The SMILES string of the molecule is COCCN(C)CCn1c(-c2cc3c(cc2C(=O)N2Cc4ccccc4C[C@H]2C)OCO3)cc(C(=O)N(C2=CN=C3C(CCN3C)C2)c2ccc(O)cc2)c1C. The van der Waals surface area contributed by atoms with Crippen molar-refractivity contribution in [3.8, 4) is 28.5 Å². The van der Waals surface area contributed by atoms with Gasteiger partial charge in [-0.05, 0) is 93.7 Å². The first-order valence-corrected chi connectivity index (χ1v) is 19.4. The van der Waals surface area contributed by atoms with Gasteiger partial charge in [0.05, 0.1) is 23.4 Å². The van der Waals surface area contributed by atoms with E-state index in [2.05, 4.69) is 40.5 Å². The van der Waals surface area contributed by atoms with Crippen molar-refractivity contribution in [1.82, 2.24) is 19.3 Å². The number of aromatic hydroxyl groups is 1.